The molecule has 1 saturated heterocycles. The summed E-state index contributed by atoms with van der Waals surface area (Å²) in [4.78, 5) is 8.23. The van der Waals surface area contributed by atoms with Crippen LogP contribution in [0, 0.1) is 0 Å². The zero-order chi connectivity index (χ0) is 8.84. The lowest BCUT2D eigenvalue weighted by Gasteiger charge is -2.24. The first-order chi connectivity index (χ1) is 6.34. The largest absolute Gasteiger partial charge is 0.402 e. The van der Waals surface area contributed by atoms with E-state index in [1.54, 1.807) is 11.8 Å². The molecule has 13 heavy (non-hydrogen) atoms. The molecular formula is C9H11N3S. The van der Waals surface area contributed by atoms with E-state index in [0.29, 0.717) is 6.04 Å². The Morgan fingerprint density at radius 2 is 2.46 bits per heavy atom. The second-order valence-electron chi connectivity index (χ2n) is 3.49. The van der Waals surface area contributed by atoms with Crippen LogP contribution in [0.2, 0.25) is 0 Å². The van der Waals surface area contributed by atoms with Crippen LogP contribution in [0.15, 0.2) is 27.7 Å². The highest BCUT2D eigenvalue weighted by Crippen LogP contribution is 2.41. The van der Waals surface area contributed by atoms with Crippen molar-refractivity contribution in [1.82, 2.24) is 4.90 Å². The van der Waals surface area contributed by atoms with E-state index in [4.69, 9.17) is 5.73 Å². The highest BCUT2D eigenvalue weighted by atomic mass is 32.2. The molecule has 0 aromatic carbocycles. The van der Waals surface area contributed by atoms with Crippen LogP contribution in [0.5, 0.6) is 0 Å². The molecular weight excluding hydrogens is 182 g/mol. The van der Waals surface area contributed by atoms with E-state index in [1.165, 1.54) is 10.1 Å². The van der Waals surface area contributed by atoms with Crippen LogP contribution in [-0.4, -0.2) is 29.2 Å². The van der Waals surface area contributed by atoms with Crippen molar-refractivity contribution < 1.29 is 0 Å². The van der Waals surface area contributed by atoms with Gasteiger partial charge in [-0.1, -0.05) is 11.8 Å². The van der Waals surface area contributed by atoms with Gasteiger partial charge in [0.25, 0.3) is 0 Å². The Morgan fingerprint density at radius 1 is 1.54 bits per heavy atom. The number of thioether (sulfide) groups is 1. The lowest BCUT2D eigenvalue weighted by molar-refractivity contribution is 0.391. The summed E-state index contributed by atoms with van der Waals surface area (Å²) >= 11 is 1.80. The van der Waals surface area contributed by atoms with E-state index in [1.807, 2.05) is 6.08 Å². The summed E-state index contributed by atoms with van der Waals surface area (Å²) in [7, 11) is 0. The van der Waals surface area contributed by atoms with Crippen LogP contribution >= 0.6 is 11.8 Å². The monoisotopic (exact) mass is 193 g/mol. The number of nitrogens with zero attached hydrogens (tertiary/aromatic N) is 2. The first-order valence-corrected chi connectivity index (χ1v) is 5.31. The SMILES string of the molecule is NC1=CC=C2SC3=NCCN3C2C1. The van der Waals surface area contributed by atoms with Crippen LogP contribution in [0.25, 0.3) is 0 Å². The lowest BCUT2D eigenvalue weighted by atomic mass is 10.1. The predicted octanol–water partition coefficient (Wildman–Crippen LogP) is 0.904. The molecule has 3 nitrogen and oxygen atoms in total. The minimum Gasteiger partial charge on any atom is -0.402 e. The Labute approximate surface area is 81.4 Å². The Bertz CT molecular complexity index is 343. The van der Waals surface area contributed by atoms with Gasteiger partial charge in [0.05, 0.1) is 12.6 Å². The summed E-state index contributed by atoms with van der Waals surface area (Å²) in [6, 6.07) is 0.497. The minimum absolute atomic E-state index is 0.497. The van der Waals surface area contributed by atoms with Crippen molar-refractivity contribution in [1.29, 1.82) is 0 Å². The fraction of sp³-hybridized carbons (Fsp3) is 0.444. The van der Waals surface area contributed by atoms with Crippen LogP contribution < -0.4 is 5.73 Å². The van der Waals surface area contributed by atoms with E-state index >= 15 is 0 Å². The lowest BCUT2D eigenvalue weighted by Crippen LogP contribution is -2.33. The smallest absolute Gasteiger partial charge is 0.164 e. The van der Waals surface area contributed by atoms with Crippen molar-refractivity contribution in [2.24, 2.45) is 10.7 Å². The maximum Gasteiger partial charge on any atom is 0.164 e. The van der Waals surface area contributed by atoms with Crippen LogP contribution in [0.4, 0.5) is 0 Å². The van der Waals surface area contributed by atoms with Gasteiger partial charge in [0.2, 0.25) is 0 Å². The van der Waals surface area contributed by atoms with Crippen molar-refractivity contribution >= 4 is 16.9 Å². The fourth-order valence-electron chi connectivity index (χ4n) is 1.98. The molecule has 1 atom stereocenters. The molecule has 2 aliphatic heterocycles. The molecule has 0 bridgehead atoms. The average molecular weight is 193 g/mol. The number of nitrogens with two attached hydrogens (primary N) is 1. The number of amidine groups is 1. The normalized spacial score (nSPS) is 30.6. The number of hydrogen-bond acceptors (Lipinski definition) is 4. The summed E-state index contributed by atoms with van der Waals surface area (Å²) in [5.41, 5.74) is 6.80. The van der Waals surface area contributed by atoms with Crippen molar-refractivity contribution in [3.63, 3.8) is 0 Å². The number of fused-ring (bicyclic) bond motifs is 3. The van der Waals surface area contributed by atoms with Crippen molar-refractivity contribution in [2.45, 2.75) is 12.5 Å². The van der Waals surface area contributed by atoms with E-state index in [0.717, 1.165) is 25.2 Å². The van der Waals surface area contributed by atoms with E-state index < -0.39 is 0 Å². The third-order valence-corrected chi connectivity index (χ3v) is 3.83. The highest BCUT2D eigenvalue weighted by molar-refractivity contribution is 8.17. The number of aliphatic imine (C=N–C) groups is 1. The van der Waals surface area contributed by atoms with Crippen LogP contribution in [0.1, 0.15) is 6.42 Å². The quantitative estimate of drug-likeness (QED) is 0.621. The molecule has 2 N–H and O–H groups in total. The second kappa shape index (κ2) is 2.54. The number of rotatable bonds is 0. The molecule has 0 spiro atoms. The molecule has 0 aromatic heterocycles. The van der Waals surface area contributed by atoms with Gasteiger partial charge < -0.3 is 10.6 Å². The van der Waals surface area contributed by atoms with Gasteiger partial charge >= 0.3 is 0 Å². The van der Waals surface area contributed by atoms with Gasteiger partial charge in [-0.3, -0.25) is 4.99 Å². The maximum atomic E-state index is 5.81. The molecule has 0 radical (unpaired) electrons. The Balaban J connectivity index is 1.97. The summed E-state index contributed by atoms with van der Waals surface area (Å²) in [5.74, 6) is 0. The van der Waals surface area contributed by atoms with Gasteiger partial charge in [-0.25, -0.2) is 0 Å². The zero-order valence-corrected chi connectivity index (χ0v) is 8.05. The van der Waals surface area contributed by atoms with Crippen molar-refractivity contribution in [3.8, 4) is 0 Å². The first kappa shape index (κ1) is 7.50. The molecule has 1 unspecified atom stereocenters. The molecule has 0 aromatic rings. The number of hydrogen-bond donors (Lipinski definition) is 1. The van der Waals surface area contributed by atoms with Gasteiger partial charge in [-0.15, -0.1) is 0 Å². The van der Waals surface area contributed by atoms with Gasteiger partial charge in [-0.05, 0) is 12.2 Å². The molecule has 1 aliphatic carbocycles. The topological polar surface area (TPSA) is 41.6 Å². The molecule has 0 amide bonds. The third-order valence-electron chi connectivity index (χ3n) is 2.64. The standard InChI is InChI=1S/C9H11N3S/c10-6-1-2-8-7(5-6)12-4-3-11-9(12)13-8/h1-2,7H,3-5,10H2. The van der Waals surface area contributed by atoms with Gasteiger partial charge in [-0.2, -0.15) is 0 Å². The average Bonchev–Trinajstić information content (AvgIpc) is 2.64. The van der Waals surface area contributed by atoms with E-state index in [2.05, 4.69) is 16.0 Å². The second-order valence-corrected chi connectivity index (χ2v) is 4.53. The van der Waals surface area contributed by atoms with Crippen LogP contribution in [-0.2, 0) is 0 Å². The van der Waals surface area contributed by atoms with E-state index in [9.17, 15) is 0 Å². The summed E-state index contributed by atoms with van der Waals surface area (Å²) < 4.78 is 0. The third kappa shape index (κ3) is 1.01. The first-order valence-electron chi connectivity index (χ1n) is 4.50. The van der Waals surface area contributed by atoms with Crippen LogP contribution in [0.3, 0.4) is 0 Å². The Hall–Kier alpha value is -0.900. The molecule has 2 heterocycles. The molecule has 3 aliphatic rings. The molecule has 3 rings (SSSR count). The van der Waals surface area contributed by atoms with Gasteiger partial charge in [0.15, 0.2) is 5.17 Å². The molecule has 4 heteroatoms. The molecule has 0 saturated carbocycles. The Kier molecular flexibility index (Phi) is 1.47. The fourth-order valence-corrected chi connectivity index (χ4v) is 3.17. The molecule has 68 valence electrons. The van der Waals surface area contributed by atoms with Gasteiger partial charge in [0, 0.05) is 23.6 Å². The van der Waals surface area contributed by atoms with Crippen molar-refractivity contribution in [3.05, 3.63) is 22.8 Å². The Morgan fingerprint density at radius 3 is 3.38 bits per heavy atom. The summed E-state index contributed by atoms with van der Waals surface area (Å²) in [5, 5.41) is 1.19. The minimum atomic E-state index is 0.497. The summed E-state index contributed by atoms with van der Waals surface area (Å²) in [6.45, 7) is 2.02. The van der Waals surface area contributed by atoms with Crippen molar-refractivity contribution in [2.75, 3.05) is 13.1 Å². The molecule has 1 fully saturated rings. The number of allylic oxidation sites excluding steroid dienone is 2. The zero-order valence-electron chi connectivity index (χ0n) is 7.23. The maximum absolute atomic E-state index is 5.81. The van der Waals surface area contributed by atoms with Gasteiger partial charge in [0.1, 0.15) is 0 Å². The highest BCUT2D eigenvalue weighted by Gasteiger charge is 2.37. The predicted molar refractivity (Wildman–Crippen MR) is 55.4 cm³/mol. The van der Waals surface area contributed by atoms with E-state index in [-0.39, 0.29) is 0 Å². The summed E-state index contributed by atoms with van der Waals surface area (Å²) in [6.07, 6.45) is 5.12.